The number of aryl methyl sites for hydroxylation is 1. The normalized spacial score (nSPS) is 15.0. The second-order valence-corrected chi connectivity index (χ2v) is 5.42. The van der Waals surface area contributed by atoms with E-state index in [0.29, 0.717) is 37.3 Å². The molecular weight excluding hydrogens is 273 g/mol. The van der Waals surface area contributed by atoms with Crippen molar-refractivity contribution in [3.8, 4) is 0 Å². The molecule has 0 unspecified atom stereocenters. The lowest BCUT2D eigenvalue weighted by Gasteiger charge is -2.36. The molecule has 1 aliphatic heterocycles. The van der Waals surface area contributed by atoms with Gasteiger partial charge in [-0.2, -0.15) is 0 Å². The third-order valence-electron chi connectivity index (χ3n) is 3.62. The molecule has 0 radical (unpaired) electrons. The van der Waals surface area contributed by atoms with Crippen LogP contribution in [-0.4, -0.2) is 66.9 Å². The molecule has 1 aromatic rings. The maximum atomic E-state index is 13.2. The van der Waals surface area contributed by atoms with Gasteiger partial charge < -0.3 is 14.7 Å². The van der Waals surface area contributed by atoms with Crippen LogP contribution in [-0.2, 0) is 0 Å². The van der Waals surface area contributed by atoms with E-state index in [1.807, 2.05) is 0 Å². The van der Waals surface area contributed by atoms with E-state index in [2.05, 4.69) is 0 Å². The smallest absolute Gasteiger partial charge is 0.319 e. The maximum Gasteiger partial charge on any atom is 0.319 e. The van der Waals surface area contributed by atoms with E-state index < -0.39 is 0 Å². The molecule has 5 nitrogen and oxygen atoms in total. The van der Waals surface area contributed by atoms with Gasteiger partial charge in [0.05, 0.1) is 0 Å². The lowest BCUT2D eigenvalue weighted by atomic mass is 10.1. The Labute approximate surface area is 123 Å². The minimum Gasteiger partial charge on any atom is -0.335 e. The second-order valence-electron chi connectivity index (χ2n) is 5.42. The number of rotatable bonds is 1. The molecule has 1 saturated heterocycles. The van der Waals surface area contributed by atoms with Crippen LogP contribution in [0.3, 0.4) is 0 Å². The van der Waals surface area contributed by atoms with Crippen LogP contribution in [0.15, 0.2) is 18.2 Å². The number of benzene rings is 1. The van der Waals surface area contributed by atoms with Crippen LogP contribution in [0.5, 0.6) is 0 Å². The van der Waals surface area contributed by atoms with Crippen molar-refractivity contribution in [1.82, 2.24) is 14.7 Å². The van der Waals surface area contributed by atoms with Crippen LogP contribution in [0.1, 0.15) is 15.9 Å². The molecule has 114 valence electrons. The lowest BCUT2D eigenvalue weighted by molar-refractivity contribution is 0.0650. The lowest BCUT2D eigenvalue weighted by Crippen LogP contribution is -2.52. The minimum absolute atomic E-state index is 0.0419. The average Bonchev–Trinajstić information content (AvgIpc) is 2.48. The first kappa shape index (κ1) is 15.3. The molecule has 1 fully saturated rings. The minimum atomic E-state index is -0.312. The highest BCUT2D eigenvalue weighted by Gasteiger charge is 2.25. The number of nitrogens with zero attached hydrogens (tertiary/aromatic N) is 3. The van der Waals surface area contributed by atoms with E-state index in [4.69, 9.17) is 0 Å². The van der Waals surface area contributed by atoms with E-state index in [1.165, 1.54) is 17.0 Å². The Morgan fingerprint density at radius 3 is 2.19 bits per heavy atom. The van der Waals surface area contributed by atoms with E-state index in [1.54, 1.807) is 36.9 Å². The molecule has 0 atom stereocenters. The molecule has 0 bridgehead atoms. The van der Waals surface area contributed by atoms with Gasteiger partial charge in [0.1, 0.15) is 5.82 Å². The number of carbonyl (C=O) groups excluding carboxylic acids is 2. The van der Waals surface area contributed by atoms with Gasteiger partial charge in [-0.1, -0.05) is 0 Å². The fourth-order valence-corrected chi connectivity index (χ4v) is 2.34. The fraction of sp³-hybridized carbons (Fsp3) is 0.467. The number of amides is 3. The van der Waals surface area contributed by atoms with Crippen molar-refractivity contribution in [2.45, 2.75) is 6.92 Å². The van der Waals surface area contributed by atoms with E-state index in [-0.39, 0.29) is 17.8 Å². The van der Waals surface area contributed by atoms with Crippen LogP contribution >= 0.6 is 0 Å². The molecule has 0 saturated carbocycles. The molecule has 3 amide bonds. The number of hydrogen-bond acceptors (Lipinski definition) is 2. The Morgan fingerprint density at radius 2 is 1.67 bits per heavy atom. The molecule has 0 spiro atoms. The van der Waals surface area contributed by atoms with Crippen LogP contribution in [0.25, 0.3) is 0 Å². The summed E-state index contributed by atoms with van der Waals surface area (Å²) in [4.78, 5) is 29.1. The molecule has 1 aromatic carbocycles. The predicted octanol–water partition coefficient (Wildman–Crippen LogP) is 1.57. The number of halogens is 1. The second kappa shape index (κ2) is 6.11. The summed E-state index contributed by atoms with van der Waals surface area (Å²) < 4.78 is 13.2. The van der Waals surface area contributed by atoms with Crippen LogP contribution in [0, 0.1) is 12.7 Å². The molecule has 6 heteroatoms. The van der Waals surface area contributed by atoms with Crippen molar-refractivity contribution in [1.29, 1.82) is 0 Å². The fourth-order valence-electron chi connectivity index (χ4n) is 2.34. The number of urea groups is 1. The summed E-state index contributed by atoms with van der Waals surface area (Å²) >= 11 is 0. The summed E-state index contributed by atoms with van der Waals surface area (Å²) in [6, 6.07) is 4.34. The standard InChI is InChI=1S/C15H20FN3O2/c1-11-10-12(4-5-13(11)16)14(20)18-6-8-19(9-7-18)15(21)17(2)3/h4-5,10H,6-9H2,1-3H3. The summed E-state index contributed by atoms with van der Waals surface area (Å²) in [7, 11) is 3.42. The summed E-state index contributed by atoms with van der Waals surface area (Å²) in [5.74, 6) is -0.428. The highest BCUT2D eigenvalue weighted by Crippen LogP contribution is 2.13. The van der Waals surface area contributed by atoms with Gasteiger partial charge in [-0.25, -0.2) is 9.18 Å². The number of carbonyl (C=O) groups is 2. The third kappa shape index (κ3) is 3.32. The molecule has 2 rings (SSSR count). The Hall–Kier alpha value is -2.11. The van der Waals surface area contributed by atoms with Crippen LogP contribution in [0.4, 0.5) is 9.18 Å². The first-order valence-electron chi connectivity index (χ1n) is 6.92. The molecule has 1 heterocycles. The van der Waals surface area contributed by atoms with Gasteiger partial charge in [0.2, 0.25) is 0 Å². The number of hydrogen-bond donors (Lipinski definition) is 0. The van der Waals surface area contributed by atoms with Crippen molar-refractivity contribution in [3.63, 3.8) is 0 Å². The topological polar surface area (TPSA) is 43.9 Å². The summed E-state index contributed by atoms with van der Waals surface area (Å²) in [5, 5.41) is 0. The highest BCUT2D eigenvalue weighted by molar-refractivity contribution is 5.94. The third-order valence-corrected chi connectivity index (χ3v) is 3.62. The van der Waals surface area contributed by atoms with E-state index >= 15 is 0 Å². The van der Waals surface area contributed by atoms with Crippen molar-refractivity contribution < 1.29 is 14.0 Å². The molecular formula is C15H20FN3O2. The van der Waals surface area contributed by atoms with Crippen molar-refractivity contribution in [2.75, 3.05) is 40.3 Å². The Balaban J connectivity index is 2.00. The summed E-state index contributed by atoms with van der Waals surface area (Å²) in [6.07, 6.45) is 0. The van der Waals surface area contributed by atoms with E-state index in [0.717, 1.165) is 0 Å². The van der Waals surface area contributed by atoms with Crippen molar-refractivity contribution in [3.05, 3.63) is 35.1 Å². The average molecular weight is 293 g/mol. The quantitative estimate of drug-likeness (QED) is 0.789. The van der Waals surface area contributed by atoms with Crippen molar-refractivity contribution in [2.24, 2.45) is 0 Å². The zero-order valence-corrected chi connectivity index (χ0v) is 12.6. The largest absolute Gasteiger partial charge is 0.335 e. The van der Waals surface area contributed by atoms with Crippen molar-refractivity contribution >= 4 is 11.9 Å². The van der Waals surface area contributed by atoms with Gasteiger partial charge in [0.25, 0.3) is 5.91 Å². The molecule has 0 aliphatic carbocycles. The van der Waals surface area contributed by atoms with Gasteiger partial charge in [-0.3, -0.25) is 4.79 Å². The van der Waals surface area contributed by atoms with Gasteiger partial charge in [0.15, 0.2) is 0 Å². The molecule has 21 heavy (non-hydrogen) atoms. The van der Waals surface area contributed by atoms with E-state index in [9.17, 15) is 14.0 Å². The first-order valence-corrected chi connectivity index (χ1v) is 6.92. The zero-order valence-electron chi connectivity index (χ0n) is 12.6. The zero-order chi connectivity index (χ0) is 15.6. The van der Waals surface area contributed by atoms with Gasteiger partial charge >= 0.3 is 6.03 Å². The maximum absolute atomic E-state index is 13.2. The number of piperazine rings is 1. The highest BCUT2D eigenvalue weighted by atomic mass is 19.1. The molecule has 0 N–H and O–H groups in total. The van der Waals surface area contributed by atoms with Gasteiger partial charge in [0, 0.05) is 45.8 Å². The molecule has 1 aliphatic rings. The Morgan fingerprint density at radius 1 is 1.10 bits per heavy atom. The molecule has 0 aromatic heterocycles. The summed E-state index contributed by atoms with van der Waals surface area (Å²) in [5.41, 5.74) is 0.948. The van der Waals surface area contributed by atoms with Gasteiger partial charge in [-0.05, 0) is 30.7 Å². The van der Waals surface area contributed by atoms with Gasteiger partial charge in [-0.15, -0.1) is 0 Å². The predicted molar refractivity (Wildman–Crippen MR) is 77.7 cm³/mol. The SMILES string of the molecule is Cc1cc(C(=O)N2CCN(C(=O)N(C)C)CC2)ccc1F. The Bertz CT molecular complexity index is 552. The monoisotopic (exact) mass is 293 g/mol. The van der Waals surface area contributed by atoms with Crippen LogP contribution in [0.2, 0.25) is 0 Å². The van der Waals surface area contributed by atoms with Crippen LogP contribution < -0.4 is 0 Å². The first-order chi connectivity index (χ1) is 9.90. The Kier molecular flexibility index (Phi) is 4.45. The summed E-state index contributed by atoms with van der Waals surface area (Å²) in [6.45, 7) is 3.66.